The molecule has 0 radical (unpaired) electrons. The average Bonchev–Trinajstić information content (AvgIpc) is 3.34. The number of likely N-dealkylation sites (tertiary alicyclic amines) is 1. The molecule has 0 spiro atoms. The van der Waals surface area contributed by atoms with Crippen LogP contribution in [0.5, 0.6) is 0 Å². The second kappa shape index (κ2) is 10.0. The summed E-state index contributed by atoms with van der Waals surface area (Å²) in [5, 5.41) is 14.6. The number of aryl methyl sites for hydroxylation is 1. The van der Waals surface area contributed by atoms with Crippen LogP contribution in [0.15, 0.2) is 48.8 Å². The zero-order chi connectivity index (χ0) is 22.5. The first-order chi connectivity index (χ1) is 15.5. The molecule has 2 heterocycles. The van der Waals surface area contributed by atoms with E-state index < -0.39 is 0 Å². The standard InChI is InChI=1S/C24H30N6O2/c1-17-6-8-19(9-7-17)20-11-21(13-22(12-20)30-16-25-27-28-30)24(31)26-18(2)14-29-10-4-5-23(15-29)32-3/h6-9,11-13,16,18,23H,4-5,10,14-15H2,1-3H3,(H,26,31). The molecule has 2 atom stereocenters. The lowest BCUT2D eigenvalue weighted by Gasteiger charge is -2.33. The Morgan fingerprint density at radius 1 is 1.22 bits per heavy atom. The van der Waals surface area contributed by atoms with Gasteiger partial charge in [0.2, 0.25) is 0 Å². The van der Waals surface area contributed by atoms with E-state index in [0.717, 1.165) is 49.3 Å². The van der Waals surface area contributed by atoms with Crippen LogP contribution in [0.25, 0.3) is 16.8 Å². The summed E-state index contributed by atoms with van der Waals surface area (Å²) in [6.07, 6.45) is 4.02. The van der Waals surface area contributed by atoms with Crippen LogP contribution in [0.2, 0.25) is 0 Å². The number of aromatic nitrogens is 4. The Balaban J connectivity index is 1.53. The second-order valence-corrected chi connectivity index (χ2v) is 8.52. The lowest BCUT2D eigenvalue weighted by atomic mass is 10.0. The van der Waals surface area contributed by atoms with Crippen LogP contribution in [0, 0.1) is 6.92 Å². The number of hydrogen-bond acceptors (Lipinski definition) is 6. The summed E-state index contributed by atoms with van der Waals surface area (Å²) >= 11 is 0. The molecule has 4 rings (SSSR count). The van der Waals surface area contributed by atoms with Crippen LogP contribution < -0.4 is 5.32 Å². The van der Waals surface area contributed by atoms with Crippen molar-refractivity contribution < 1.29 is 9.53 Å². The number of hydrogen-bond donors (Lipinski definition) is 1. The number of methoxy groups -OCH3 is 1. The first-order valence-electron chi connectivity index (χ1n) is 11.0. The number of rotatable bonds is 7. The van der Waals surface area contributed by atoms with Crippen LogP contribution in [0.3, 0.4) is 0 Å². The summed E-state index contributed by atoms with van der Waals surface area (Å²) < 4.78 is 7.08. The number of carbonyl (C=O) groups is 1. The van der Waals surface area contributed by atoms with Crippen molar-refractivity contribution in [3.05, 3.63) is 59.9 Å². The molecular weight excluding hydrogens is 404 g/mol. The average molecular weight is 435 g/mol. The number of ether oxygens (including phenoxy) is 1. The molecule has 0 bridgehead atoms. The Morgan fingerprint density at radius 3 is 2.75 bits per heavy atom. The zero-order valence-corrected chi connectivity index (χ0v) is 18.9. The van der Waals surface area contributed by atoms with Crippen molar-refractivity contribution in [2.24, 2.45) is 0 Å². The quantitative estimate of drug-likeness (QED) is 0.616. The van der Waals surface area contributed by atoms with Crippen molar-refractivity contribution in [2.45, 2.75) is 38.8 Å². The largest absolute Gasteiger partial charge is 0.380 e. The lowest BCUT2D eigenvalue weighted by molar-refractivity contribution is 0.0287. The highest BCUT2D eigenvalue weighted by atomic mass is 16.5. The minimum Gasteiger partial charge on any atom is -0.380 e. The van der Waals surface area contributed by atoms with Gasteiger partial charge in [-0.25, -0.2) is 4.68 Å². The van der Waals surface area contributed by atoms with Gasteiger partial charge in [-0.05, 0) is 73.0 Å². The molecule has 168 valence electrons. The summed E-state index contributed by atoms with van der Waals surface area (Å²) in [5.41, 5.74) is 4.48. The van der Waals surface area contributed by atoms with Gasteiger partial charge in [0.15, 0.2) is 0 Å². The highest BCUT2D eigenvalue weighted by molar-refractivity contribution is 5.96. The fraction of sp³-hybridized carbons (Fsp3) is 0.417. The molecule has 1 N–H and O–H groups in total. The molecule has 1 aliphatic rings. The highest BCUT2D eigenvalue weighted by Crippen LogP contribution is 2.25. The van der Waals surface area contributed by atoms with Crippen molar-refractivity contribution in [1.29, 1.82) is 0 Å². The SMILES string of the molecule is COC1CCCN(CC(C)NC(=O)c2cc(-c3ccc(C)cc3)cc(-n3cnnn3)c2)C1. The smallest absolute Gasteiger partial charge is 0.251 e. The number of piperidine rings is 1. The van der Waals surface area contributed by atoms with E-state index in [9.17, 15) is 4.79 Å². The van der Waals surface area contributed by atoms with Gasteiger partial charge >= 0.3 is 0 Å². The zero-order valence-electron chi connectivity index (χ0n) is 18.9. The van der Waals surface area contributed by atoms with E-state index in [2.05, 4.69) is 56.9 Å². The van der Waals surface area contributed by atoms with E-state index in [1.165, 1.54) is 11.9 Å². The molecule has 2 unspecified atom stereocenters. The normalized spacial score (nSPS) is 17.8. The van der Waals surface area contributed by atoms with Crippen molar-refractivity contribution in [1.82, 2.24) is 30.4 Å². The molecule has 8 heteroatoms. The molecule has 2 aromatic carbocycles. The van der Waals surface area contributed by atoms with Crippen LogP contribution in [-0.4, -0.2) is 69.9 Å². The number of carbonyl (C=O) groups excluding carboxylic acids is 1. The summed E-state index contributed by atoms with van der Waals surface area (Å²) in [4.78, 5) is 15.5. The Hall–Kier alpha value is -3.10. The van der Waals surface area contributed by atoms with Gasteiger partial charge in [0.25, 0.3) is 5.91 Å². The van der Waals surface area contributed by atoms with Gasteiger partial charge in [-0.15, -0.1) is 5.10 Å². The van der Waals surface area contributed by atoms with Gasteiger partial charge in [-0.1, -0.05) is 29.8 Å². The minimum absolute atomic E-state index is 0.0117. The van der Waals surface area contributed by atoms with Crippen molar-refractivity contribution in [2.75, 3.05) is 26.7 Å². The predicted molar refractivity (Wildman–Crippen MR) is 123 cm³/mol. The predicted octanol–water partition coefficient (Wildman–Crippen LogP) is 2.87. The van der Waals surface area contributed by atoms with Crippen molar-refractivity contribution in [3.8, 4) is 16.8 Å². The monoisotopic (exact) mass is 434 g/mol. The molecule has 1 amide bonds. The molecule has 0 saturated carbocycles. The van der Waals surface area contributed by atoms with Gasteiger partial charge < -0.3 is 10.1 Å². The van der Waals surface area contributed by atoms with Gasteiger partial charge in [-0.2, -0.15) is 0 Å². The maximum absolute atomic E-state index is 13.2. The molecule has 1 aromatic heterocycles. The molecule has 1 fully saturated rings. The lowest BCUT2D eigenvalue weighted by Crippen LogP contribution is -2.47. The highest BCUT2D eigenvalue weighted by Gasteiger charge is 2.22. The maximum atomic E-state index is 13.2. The van der Waals surface area contributed by atoms with Gasteiger partial charge in [0, 0.05) is 31.8 Å². The molecule has 0 aliphatic carbocycles. The van der Waals surface area contributed by atoms with E-state index in [1.807, 2.05) is 25.1 Å². The maximum Gasteiger partial charge on any atom is 0.251 e. The van der Waals surface area contributed by atoms with E-state index in [1.54, 1.807) is 11.8 Å². The Labute approximate surface area is 188 Å². The topological polar surface area (TPSA) is 85.2 Å². The molecule has 1 aliphatic heterocycles. The van der Waals surface area contributed by atoms with Crippen LogP contribution in [0.1, 0.15) is 35.7 Å². The van der Waals surface area contributed by atoms with Crippen LogP contribution in [0.4, 0.5) is 0 Å². The van der Waals surface area contributed by atoms with Crippen LogP contribution in [-0.2, 0) is 4.74 Å². The Kier molecular flexibility index (Phi) is 6.92. The Bertz CT molecular complexity index is 1040. The molecule has 32 heavy (non-hydrogen) atoms. The number of nitrogens with zero attached hydrogens (tertiary/aromatic N) is 5. The fourth-order valence-corrected chi connectivity index (χ4v) is 4.18. The summed E-state index contributed by atoms with van der Waals surface area (Å²) in [6.45, 7) is 6.83. The third-order valence-corrected chi connectivity index (χ3v) is 5.88. The van der Waals surface area contributed by atoms with E-state index in [0.29, 0.717) is 5.56 Å². The molecule has 3 aromatic rings. The Morgan fingerprint density at radius 2 is 2.03 bits per heavy atom. The molecule has 8 nitrogen and oxygen atoms in total. The van der Waals surface area contributed by atoms with Gasteiger partial charge in [-0.3, -0.25) is 9.69 Å². The number of benzene rings is 2. The van der Waals surface area contributed by atoms with Gasteiger partial charge in [0.05, 0.1) is 11.8 Å². The first-order valence-corrected chi connectivity index (χ1v) is 11.0. The van der Waals surface area contributed by atoms with E-state index >= 15 is 0 Å². The van der Waals surface area contributed by atoms with Crippen molar-refractivity contribution in [3.63, 3.8) is 0 Å². The van der Waals surface area contributed by atoms with Crippen LogP contribution >= 0.6 is 0 Å². The third-order valence-electron chi connectivity index (χ3n) is 5.88. The summed E-state index contributed by atoms with van der Waals surface area (Å²) in [5.74, 6) is -0.110. The number of nitrogens with one attached hydrogen (secondary N) is 1. The van der Waals surface area contributed by atoms with Gasteiger partial charge in [0.1, 0.15) is 6.33 Å². The minimum atomic E-state index is -0.110. The van der Waals surface area contributed by atoms with E-state index in [4.69, 9.17) is 4.74 Å². The molecular formula is C24H30N6O2. The summed E-state index contributed by atoms with van der Waals surface area (Å²) in [7, 11) is 1.77. The fourth-order valence-electron chi connectivity index (χ4n) is 4.18. The first kappa shape index (κ1) is 22.1. The second-order valence-electron chi connectivity index (χ2n) is 8.52. The number of amides is 1. The van der Waals surface area contributed by atoms with Crippen molar-refractivity contribution >= 4 is 5.91 Å². The molecule has 1 saturated heterocycles. The number of tetrazole rings is 1. The summed E-state index contributed by atoms with van der Waals surface area (Å²) in [6, 6.07) is 14.0. The third kappa shape index (κ3) is 5.38. The van der Waals surface area contributed by atoms with E-state index in [-0.39, 0.29) is 18.1 Å².